The summed E-state index contributed by atoms with van der Waals surface area (Å²) in [6.07, 6.45) is 19.4. The average Bonchev–Trinajstić information content (AvgIpc) is 3.51. The highest BCUT2D eigenvalue weighted by atomic mass is 31.1. The van der Waals surface area contributed by atoms with Crippen molar-refractivity contribution in [2.45, 2.75) is 135 Å². The minimum absolute atomic E-state index is 0.120. The maximum atomic E-state index is 3.91. The van der Waals surface area contributed by atoms with E-state index in [9.17, 15) is 0 Å². The van der Waals surface area contributed by atoms with Gasteiger partial charge >= 0.3 is 0 Å². The zero-order chi connectivity index (χ0) is 30.3. The molecule has 2 aromatic carbocycles. The highest BCUT2D eigenvalue weighted by molar-refractivity contribution is 7.67. The lowest BCUT2D eigenvalue weighted by molar-refractivity contribution is 0.487. The zero-order valence-electron chi connectivity index (χ0n) is 27.4. The SMILES string of the molecule is CC(C)c1cc(C(C)C)c(-c2ccccc2P(C2CCCCC2)C2CCCCC2)c(C(C)C)c1.c1ncc2[nH]cnc2n1. The maximum absolute atomic E-state index is 3.91. The third-order valence-electron chi connectivity index (χ3n) is 9.62. The number of nitrogens with one attached hydrogen (secondary N) is 1. The molecule has 0 amide bonds. The van der Waals surface area contributed by atoms with Gasteiger partial charge in [-0.05, 0) is 87.9 Å². The normalized spacial score (nSPS) is 16.8. The third-order valence-corrected chi connectivity index (χ3v) is 13.2. The lowest BCUT2D eigenvalue weighted by Gasteiger charge is -2.40. The summed E-state index contributed by atoms with van der Waals surface area (Å²) in [6, 6.07) is 14.8. The van der Waals surface area contributed by atoms with Crippen LogP contribution in [-0.4, -0.2) is 31.3 Å². The van der Waals surface area contributed by atoms with Gasteiger partial charge in [0.25, 0.3) is 0 Å². The Balaban J connectivity index is 0.000000345. The Morgan fingerprint density at radius 2 is 1.30 bits per heavy atom. The van der Waals surface area contributed by atoms with Gasteiger partial charge in [-0.3, -0.25) is 0 Å². The number of aromatic amines is 1. The van der Waals surface area contributed by atoms with Crippen LogP contribution in [-0.2, 0) is 0 Å². The van der Waals surface area contributed by atoms with Gasteiger partial charge in [-0.15, -0.1) is 0 Å². The van der Waals surface area contributed by atoms with Crippen molar-refractivity contribution in [3.63, 3.8) is 0 Å². The molecule has 2 aliphatic carbocycles. The molecule has 0 aliphatic heterocycles. The second kappa shape index (κ2) is 14.9. The number of hydrogen-bond acceptors (Lipinski definition) is 3. The molecule has 2 aromatic heterocycles. The molecule has 2 fully saturated rings. The molecule has 0 unspecified atom stereocenters. The summed E-state index contributed by atoms with van der Waals surface area (Å²) in [5.74, 6) is 1.64. The van der Waals surface area contributed by atoms with E-state index in [1.165, 1.54) is 76.1 Å². The Kier molecular flexibility index (Phi) is 11.1. The molecule has 2 saturated carbocycles. The number of rotatable bonds is 7. The van der Waals surface area contributed by atoms with Crippen LogP contribution in [0.15, 0.2) is 55.2 Å². The number of nitrogens with zero attached hydrogens (tertiary/aromatic N) is 3. The van der Waals surface area contributed by atoms with E-state index in [0.29, 0.717) is 23.4 Å². The van der Waals surface area contributed by atoms with Crippen LogP contribution in [0, 0.1) is 0 Å². The fraction of sp³-hybridized carbons (Fsp3) is 0.553. The summed E-state index contributed by atoms with van der Waals surface area (Å²) < 4.78 is 0. The van der Waals surface area contributed by atoms with Crippen molar-refractivity contribution in [1.29, 1.82) is 0 Å². The number of imidazole rings is 1. The molecule has 4 aromatic rings. The van der Waals surface area contributed by atoms with Crippen LogP contribution in [0.1, 0.15) is 140 Å². The lowest BCUT2D eigenvalue weighted by Crippen LogP contribution is -2.27. The maximum Gasteiger partial charge on any atom is 0.180 e. The van der Waals surface area contributed by atoms with Crippen LogP contribution in [0.2, 0.25) is 0 Å². The predicted molar refractivity (Wildman–Crippen MR) is 186 cm³/mol. The van der Waals surface area contributed by atoms with Gasteiger partial charge in [-0.1, -0.05) is 124 Å². The van der Waals surface area contributed by atoms with Gasteiger partial charge in [0.05, 0.1) is 12.5 Å². The monoisotopic (exact) mass is 596 g/mol. The minimum atomic E-state index is -0.120. The van der Waals surface area contributed by atoms with E-state index in [4.69, 9.17) is 0 Å². The highest BCUT2D eigenvalue weighted by Crippen LogP contribution is 2.56. The summed E-state index contributed by atoms with van der Waals surface area (Å²) in [7, 11) is -0.120. The quantitative estimate of drug-likeness (QED) is 0.216. The van der Waals surface area contributed by atoms with Gasteiger partial charge in [0.2, 0.25) is 0 Å². The van der Waals surface area contributed by atoms with Crippen LogP contribution < -0.4 is 5.30 Å². The first-order chi connectivity index (χ1) is 20.8. The second-order valence-electron chi connectivity index (χ2n) is 13.7. The fourth-order valence-corrected chi connectivity index (χ4v) is 11.2. The molecule has 0 saturated heterocycles. The molecule has 0 atom stereocenters. The predicted octanol–water partition coefficient (Wildman–Crippen LogP) is 10.8. The Morgan fingerprint density at radius 1 is 0.721 bits per heavy atom. The van der Waals surface area contributed by atoms with Gasteiger partial charge in [0.15, 0.2) is 5.65 Å². The zero-order valence-corrected chi connectivity index (χ0v) is 28.3. The first-order valence-corrected chi connectivity index (χ1v) is 18.5. The molecule has 43 heavy (non-hydrogen) atoms. The summed E-state index contributed by atoms with van der Waals surface area (Å²) in [5, 5.41) is 1.75. The van der Waals surface area contributed by atoms with Crippen molar-refractivity contribution < 1.29 is 0 Å². The largest absolute Gasteiger partial charge is 0.342 e. The van der Waals surface area contributed by atoms with Gasteiger partial charge in [0.1, 0.15) is 11.8 Å². The van der Waals surface area contributed by atoms with Crippen LogP contribution in [0.3, 0.4) is 0 Å². The van der Waals surface area contributed by atoms with Gasteiger partial charge < -0.3 is 4.98 Å². The van der Waals surface area contributed by atoms with Gasteiger partial charge in [-0.2, -0.15) is 0 Å². The molecule has 4 nitrogen and oxygen atoms in total. The standard InChI is InChI=1S/C33H49P.C5H4N4/c1-23(2)26-21-30(24(3)4)33(31(22-26)25(5)6)29-19-13-14-20-32(29)34(27-15-9-7-10-16-27)28-17-11-8-12-18-28;1-4-5(8-2-6-1)9-3-7-4/h13-14,19-25,27-28H,7-12,15-18H2,1-6H3;1-3H,(H,6,7,8,9). The Morgan fingerprint density at radius 3 is 1.84 bits per heavy atom. The summed E-state index contributed by atoms with van der Waals surface area (Å²) in [5.41, 5.74) is 11.3. The van der Waals surface area contributed by atoms with Gasteiger partial charge in [-0.25, -0.2) is 15.0 Å². The van der Waals surface area contributed by atoms with Crippen LogP contribution in [0.5, 0.6) is 0 Å². The first kappa shape index (κ1) is 31.8. The average molecular weight is 597 g/mol. The van der Waals surface area contributed by atoms with E-state index in [0.717, 1.165) is 16.8 Å². The van der Waals surface area contributed by atoms with E-state index in [1.54, 1.807) is 40.1 Å². The number of hydrogen-bond donors (Lipinski definition) is 1. The molecule has 6 rings (SSSR count). The lowest BCUT2D eigenvalue weighted by atomic mass is 9.82. The molecule has 0 radical (unpaired) electrons. The number of aromatic nitrogens is 4. The smallest absolute Gasteiger partial charge is 0.180 e. The van der Waals surface area contributed by atoms with Crippen molar-refractivity contribution in [1.82, 2.24) is 19.9 Å². The van der Waals surface area contributed by atoms with Gasteiger partial charge in [0, 0.05) is 0 Å². The summed E-state index contributed by atoms with van der Waals surface area (Å²) in [4.78, 5) is 14.5. The molecule has 0 spiro atoms. The molecule has 2 aliphatic rings. The van der Waals surface area contributed by atoms with Crippen LogP contribution >= 0.6 is 7.92 Å². The third kappa shape index (κ3) is 7.56. The molecular weight excluding hydrogens is 543 g/mol. The van der Waals surface area contributed by atoms with Crippen molar-refractivity contribution >= 4 is 24.4 Å². The first-order valence-electron chi connectivity index (χ1n) is 17.0. The minimum Gasteiger partial charge on any atom is -0.342 e. The molecule has 2 heterocycles. The van der Waals surface area contributed by atoms with Crippen molar-refractivity contribution in [2.75, 3.05) is 0 Å². The summed E-state index contributed by atoms with van der Waals surface area (Å²) in [6.45, 7) is 14.3. The number of H-pyrrole nitrogens is 1. The topological polar surface area (TPSA) is 54.5 Å². The molecule has 0 bridgehead atoms. The van der Waals surface area contributed by atoms with Crippen molar-refractivity contribution in [2.24, 2.45) is 0 Å². The Bertz CT molecular complexity index is 1370. The van der Waals surface area contributed by atoms with E-state index >= 15 is 0 Å². The summed E-state index contributed by atoms with van der Waals surface area (Å²) >= 11 is 0. The second-order valence-corrected chi connectivity index (χ2v) is 16.5. The molecular formula is C38H53N4P. The van der Waals surface area contributed by atoms with E-state index in [-0.39, 0.29) is 7.92 Å². The van der Waals surface area contributed by atoms with E-state index in [1.807, 2.05) is 0 Å². The van der Waals surface area contributed by atoms with E-state index in [2.05, 4.69) is 97.9 Å². The van der Waals surface area contributed by atoms with E-state index < -0.39 is 0 Å². The highest BCUT2D eigenvalue weighted by Gasteiger charge is 2.34. The van der Waals surface area contributed by atoms with Crippen molar-refractivity contribution in [3.8, 4) is 11.1 Å². The number of benzene rings is 2. The van der Waals surface area contributed by atoms with Crippen LogP contribution in [0.25, 0.3) is 22.3 Å². The Hall–Kier alpha value is -2.58. The Labute approximate surface area is 261 Å². The van der Waals surface area contributed by atoms with Crippen molar-refractivity contribution in [3.05, 3.63) is 71.9 Å². The molecule has 5 heteroatoms. The number of fused-ring (bicyclic) bond motifs is 1. The van der Waals surface area contributed by atoms with Crippen LogP contribution in [0.4, 0.5) is 0 Å². The molecule has 230 valence electrons. The fourth-order valence-electron chi connectivity index (χ4n) is 7.28. The molecule has 1 N–H and O–H groups in total.